The molecule has 0 aromatic heterocycles. The van der Waals surface area contributed by atoms with Crippen molar-refractivity contribution in [3.63, 3.8) is 0 Å². The van der Waals surface area contributed by atoms with Crippen LogP contribution in [0.5, 0.6) is 0 Å². The second kappa shape index (κ2) is 6.48. The highest BCUT2D eigenvalue weighted by atomic mass is 19.2. The lowest BCUT2D eigenvalue weighted by Gasteiger charge is -2.29. The standard InChI is InChI=1S/C13H20FNO/c1-3-6-13-12(7-4-5-10-16)11(2)8-9-15(13)14/h3-6,11,16H,7-10H2,1-2H3/t11-/m1/s1. The van der Waals surface area contributed by atoms with Gasteiger partial charge in [0.05, 0.1) is 18.8 Å². The highest BCUT2D eigenvalue weighted by molar-refractivity contribution is 5.28. The lowest BCUT2D eigenvalue weighted by molar-refractivity contribution is 0.0576. The molecule has 0 bridgehead atoms. The molecule has 0 unspecified atom stereocenters. The zero-order valence-electron chi connectivity index (χ0n) is 9.99. The van der Waals surface area contributed by atoms with Crippen LogP contribution < -0.4 is 0 Å². The van der Waals surface area contributed by atoms with Crippen molar-refractivity contribution in [2.45, 2.75) is 26.7 Å². The van der Waals surface area contributed by atoms with E-state index in [0.717, 1.165) is 17.1 Å². The number of aliphatic hydroxyl groups is 1. The molecule has 3 heteroatoms. The number of allylic oxidation sites excluding steroid dienone is 4. The van der Waals surface area contributed by atoms with Crippen molar-refractivity contribution in [2.75, 3.05) is 13.2 Å². The quantitative estimate of drug-likeness (QED) is 0.587. The van der Waals surface area contributed by atoms with E-state index in [2.05, 4.69) is 6.92 Å². The first kappa shape index (κ1) is 13.0. The van der Waals surface area contributed by atoms with E-state index in [1.54, 1.807) is 6.08 Å². The molecular formula is C13H20FNO. The minimum absolute atomic E-state index is 0.0416. The van der Waals surface area contributed by atoms with Crippen molar-refractivity contribution in [3.05, 3.63) is 35.6 Å². The van der Waals surface area contributed by atoms with E-state index in [9.17, 15) is 4.48 Å². The average molecular weight is 225 g/mol. The van der Waals surface area contributed by atoms with E-state index in [4.69, 9.17) is 5.11 Å². The normalized spacial score (nSPS) is 22.8. The fourth-order valence-corrected chi connectivity index (χ4v) is 1.95. The molecule has 0 amide bonds. The summed E-state index contributed by atoms with van der Waals surface area (Å²) in [6.45, 7) is 4.52. The lowest BCUT2D eigenvalue weighted by atomic mass is 9.89. The topological polar surface area (TPSA) is 23.5 Å². The Hall–Kier alpha value is -1.09. The molecule has 1 rings (SSSR count). The van der Waals surface area contributed by atoms with Gasteiger partial charge < -0.3 is 5.11 Å². The molecule has 0 radical (unpaired) electrons. The van der Waals surface area contributed by atoms with Crippen LogP contribution in [0, 0.1) is 5.92 Å². The average Bonchev–Trinajstić information content (AvgIpc) is 2.27. The molecule has 0 aromatic rings. The Morgan fingerprint density at radius 2 is 2.25 bits per heavy atom. The molecule has 1 aliphatic heterocycles. The van der Waals surface area contributed by atoms with Crippen molar-refractivity contribution >= 4 is 0 Å². The second-order valence-corrected chi connectivity index (χ2v) is 4.04. The van der Waals surface area contributed by atoms with Crippen LogP contribution in [-0.4, -0.2) is 23.4 Å². The van der Waals surface area contributed by atoms with Crippen molar-refractivity contribution in [1.82, 2.24) is 5.12 Å². The van der Waals surface area contributed by atoms with Gasteiger partial charge in [-0.15, -0.1) is 0 Å². The number of hydrogen-bond donors (Lipinski definition) is 1. The maximum atomic E-state index is 13.6. The van der Waals surface area contributed by atoms with Gasteiger partial charge in [0.2, 0.25) is 0 Å². The Bertz CT molecular complexity index is 307. The first-order valence-electron chi connectivity index (χ1n) is 5.75. The maximum Gasteiger partial charge on any atom is 0.0682 e. The van der Waals surface area contributed by atoms with Gasteiger partial charge in [-0.2, -0.15) is 0 Å². The van der Waals surface area contributed by atoms with E-state index < -0.39 is 0 Å². The summed E-state index contributed by atoms with van der Waals surface area (Å²) in [6.07, 6.45) is 8.83. The number of hydrogen-bond acceptors (Lipinski definition) is 2. The van der Waals surface area contributed by atoms with Gasteiger partial charge in [-0.25, -0.2) is 5.12 Å². The molecule has 0 saturated carbocycles. The molecule has 0 aliphatic carbocycles. The van der Waals surface area contributed by atoms with Gasteiger partial charge in [-0.05, 0) is 37.3 Å². The summed E-state index contributed by atoms with van der Waals surface area (Å²) in [4.78, 5) is 0. The fraction of sp³-hybridized carbons (Fsp3) is 0.538. The van der Waals surface area contributed by atoms with Crippen LogP contribution in [-0.2, 0) is 0 Å². The predicted octanol–water partition coefficient (Wildman–Crippen LogP) is 2.98. The maximum absolute atomic E-state index is 13.6. The third-order valence-corrected chi connectivity index (χ3v) is 2.88. The molecule has 0 spiro atoms. The molecule has 1 heterocycles. The van der Waals surface area contributed by atoms with Gasteiger partial charge in [0, 0.05) is 0 Å². The molecule has 0 aromatic carbocycles. The Morgan fingerprint density at radius 3 is 2.88 bits per heavy atom. The highest BCUT2D eigenvalue weighted by Crippen LogP contribution is 2.31. The number of rotatable bonds is 4. The third-order valence-electron chi connectivity index (χ3n) is 2.88. The largest absolute Gasteiger partial charge is 0.392 e. The summed E-state index contributed by atoms with van der Waals surface area (Å²) >= 11 is 0. The molecule has 90 valence electrons. The fourth-order valence-electron chi connectivity index (χ4n) is 1.95. The number of aliphatic hydroxyl groups excluding tert-OH is 1. The molecule has 1 N–H and O–H groups in total. The second-order valence-electron chi connectivity index (χ2n) is 4.04. The van der Waals surface area contributed by atoms with Gasteiger partial charge >= 0.3 is 0 Å². The van der Waals surface area contributed by atoms with Crippen LogP contribution in [0.1, 0.15) is 26.7 Å². The van der Waals surface area contributed by atoms with E-state index >= 15 is 0 Å². The lowest BCUT2D eigenvalue weighted by Crippen LogP contribution is -2.25. The smallest absolute Gasteiger partial charge is 0.0682 e. The van der Waals surface area contributed by atoms with E-state index in [1.807, 2.05) is 25.2 Å². The van der Waals surface area contributed by atoms with E-state index in [-0.39, 0.29) is 6.61 Å². The third kappa shape index (κ3) is 3.20. The summed E-state index contributed by atoms with van der Waals surface area (Å²) in [6, 6.07) is 0. The van der Waals surface area contributed by atoms with Crippen LogP contribution in [0.25, 0.3) is 0 Å². The Morgan fingerprint density at radius 1 is 1.50 bits per heavy atom. The first-order chi connectivity index (χ1) is 7.70. The van der Waals surface area contributed by atoms with Crippen LogP contribution >= 0.6 is 0 Å². The highest BCUT2D eigenvalue weighted by Gasteiger charge is 2.22. The summed E-state index contributed by atoms with van der Waals surface area (Å²) in [5.41, 5.74) is 1.79. The molecule has 16 heavy (non-hydrogen) atoms. The molecule has 0 saturated heterocycles. The molecule has 0 fully saturated rings. The minimum atomic E-state index is 0.0416. The molecule has 1 aliphatic rings. The Balaban J connectivity index is 2.91. The van der Waals surface area contributed by atoms with Crippen molar-refractivity contribution in [1.29, 1.82) is 0 Å². The van der Waals surface area contributed by atoms with Gasteiger partial charge in [-0.3, -0.25) is 0 Å². The van der Waals surface area contributed by atoms with Crippen molar-refractivity contribution in [2.24, 2.45) is 5.92 Å². The predicted molar refractivity (Wildman–Crippen MR) is 64.3 cm³/mol. The molecular weight excluding hydrogens is 205 g/mol. The van der Waals surface area contributed by atoms with E-state index in [1.165, 1.54) is 0 Å². The van der Waals surface area contributed by atoms with E-state index in [0.29, 0.717) is 24.6 Å². The minimum Gasteiger partial charge on any atom is -0.392 e. The van der Waals surface area contributed by atoms with Gasteiger partial charge in [-0.1, -0.05) is 29.6 Å². The number of nitrogens with zero attached hydrogens (tertiary/aromatic N) is 1. The Labute approximate surface area is 96.7 Å². The zero-order chi connectivity index (χ0) is 12.0. The van der Waals surface area contributed by atoms with Crippen molar-refractivity contribution < 1.29 is 9.59 Å². The van der Waals surface area contributed by atoms with Gasteiger partial charge in [0.1, 0.15) is 0 Å². The first-order valence-corrected chi connectivity index (χ1v) is 5.75. The van der Waals surface area contributed by atoms with Gasteiger partial charge in [0.15, 0.2) is 0 Å². The van der Waals surface area contributed by atoms with Crippen molar-refractivity contribution in [3.8, 4) is 0 Å². The van der Waals surface area contributed by atoms with Crippen LogP contribution in [0.4, 0.5) is 4.48 Å². The number of halogens is 1. The summed E-state index contributed by atoms with van der Waals surface area (Å²) in [5.74, 6) is 0.404. The molecule has 2 nitrogen and oxygen atoms in total. The van der Waals surface area contributed by atoms with Crippen LogP contribution in [0.15, 0.2) is 35.6 Å². The monoisotopic (exact) mass is 225 g/mol. The van der Waals surface area contributed by atoms with Crippen LogP contribution in [0.2, 0.25) is 0 Å². The summed E-state index contributed by atoms with van der Waals surface area (Å²) in [5, 5.41) is 9.50. The Kier molecular flexibility index (Phi) is 5.26. The van der Waals surface area contributed by atoms with Crippen LogP contribution in [0.3, 0.4) is 0 Å². The van der Waals surface area contributed by atoms with Gasteiger partial charge in [0.25, 0.3) is 0 Å². The summed E-state index contributed by atoms with van der Waals surface area (Å²) < 4.78 is 13.6. The summed E-state index contributed by atoms with van der Waals surface area (Å²) in [7, 11) is 0. The zero-order valence-corrected chi connectivity index (χ0v) is 9.99. The SMILES string of the molecule is CC=CC1=C(CC=CCO)[C@H](C)CCN1F. The molecule has 1 atom stereocenters.